The number of nitro groups is 1. The van der Waals surface area contributed by atoms with Crippen LogP contribution in [0.4, 0.5) is 11.4 Å². The number of nitrogens with zero attached hydrogens (tertiary/aromatic N) is 1. The first-order valence-electron chi connectivity index (χ1n) is 6.88. The minimum Gasteiger partial charge on any atom is -0.487 e. The molecule has 1 aliphatic heterocycles. The summed E-state index contributed by atoms with van der Waals surface area (Å²) in [6.07, 6.45) is 0.979. The number of nitrogens with one attached hydrogen (secondary N) is 1. The lowest BCUT2D eigenvalue weighted by molar-refractivity contribution is -0.385. The lowest BCUT2D eigenvalue weighted by atomic mass is 10.0. The molecule has 2 atom stereocenters. The van der Waals surface area contributed by atoms with Crippen LogP contribution in [0.1, 0.15) is 20.3 Å². The molecule has 1 saturated heterocycles. The fourth-order valence-electron chi connectivity index (χ4n) is 2.41. The van der Waals surface area contributed by atoms with E-state index in [4.69, 9.17) is 9.47 Å². The van der Waals surface area contributed by atoms with E-state index < -0.39 is 4.92 Å². The molecule has 6 nitrogen and oxygen atoms in total. The van der Waals surface area contributed by atoms with Crippen molar-refractivity contribution in [1.29, 1.82) is 0 Å². The van der Waals surface area contributed by atoms with Gasteiger partial charge in [0, 0.05) is 18.6 Å². The van der Waals surface area contributed by atoms with Crippen molar-refractivity contribution in [3.63, 3.8) is 0 Å². The van der Waals surface area contributed by atoms with E-state index >= 15 is 0 Å². The lowest BCUT2D eigenvalue weighted by Crippen LogP contribution is -2.26. The van der Waals surface area contributed by atoms with Gasteiger partial charge in [-0.2, -0.15) is 0 Å². The van der Waals surface area contributed by atoms with Gasteiger partial charge in [0.25, 0.3) is 0 Å². The minimum atomic E-state index is -0.398. The molecule has 1 aliphatic rings. The maximum atomic E-state index is 11.3. The van der Waals surface area contributed by atoms with Crippen LogP contribution >= 0.6 is 0 Å². The molecule has 1 aromatic carbocycles. The molecule has 6 heteroatoms. The predicted octanol–water partition coefficient (Wildman–Crippen LogP) is 2.83. The minimum absolute atomic E-state index is 0.000107. The summed E-state index contributed by atoms with van der Waals surface area (Å²) in [6, 6.07) is 5.22. The fraction of sp³-hybridized carbons (Fsp3) is 0.571. The van der Waals surface area contributed by atoms with Gasteiger partial charge in [0.2, 0.25) is 0 Å². The van der Waals surface area contributed by atoms with Crippen molar-refractivity contribution in [3.8, 4) is 5.75 Å². The van der Waals surface area contributed by atoms with E-state index in [0.29, 0.717) is 30.6 Å². The summed E-state index contributed by atoms with van der Waals surface area (Å²) in [5, 5.41) is 14.5. The van der Waals surface area contributed by atoms with Crippen LogP contribution in [0, 0.1) is 16.0 Å². The average Bonchev–Trinajstić information content (AvgIpc) is 2.92. The Morgan fingerprint density at radius 2 is 2.40 bits per heavy atom. The summed E-state index contributed by atoms with van der Waals surface area (Å²) in [7, 11) is 0. The Balaban J connectivity index is 2.21. The Bertz CT molecular complexity index is 472. The SMILES string of the molecule is CCOc1cccc(NC(C)C2CCOC2)c1[N+](=O)[O-]. The van der Waals surface area contributed by atoms with Gasteiger partial charge < -0.3 is 14.8 Å². The van der Waals surface area contributed by atoms with Crippen LogP contribution < -0.4 is 10.1 Å². The van der Waals surface area contributed by atoms with E-state index in [9.17, 15) is 10.1 Å². The molecular weight excluding hydrogens is 260 g/mol. The van der Waals surface area contributed by atoms with Crippen LogP contribution in [0.15, 0.2) is 18.2 Å². The average molecular weight is 280 g/mol. The number of rotatable bonds is 6. The molecule has 0 amide bonds. The molecular formula is C14H20N2O4. The van der Waals surface area contributed by atoms with Crippen LogP contribution in [-0.4, -0.2) is 30.8 Å². The van der Waals surface area contributed by atoms with Crippen LogP contribution in [0.2, 0.25) is 0 Å². The highest BCUT2D eigenvalue weighted by molar-refractivity contribution is 5.68. The van der Waals surface area contributed by atoms with Crippen molar-refractivity contribution in [1.82, 2.24) is 0 Å². The highest BCUT2D eigenvalue weighted by Gasteiger charge is 2.26. The van der Waals surface area contributed by atoms with Gasteiger partial charge in [-0.25, -0.2) is 0 Å². The molecule has 0 spiro atoms. The third-order valence-corrected chi connectivity index (χ3v) is 3.54. The van der Waals surface area contributed by atoms with Crippen molar-refractivity contribution in [2.24, 2.45) is 5.92 Å². The van der Waals surface area contributed by atoms with Gasteiger partial charge in [0.1, 0.15) is 5.69 Å². The standard InChI is InChI=1S/C14H20N2O4/c1-3-20-13-6-4-5-12(14(13)16(17)18)15-10(2)11-7-8-19-9-11/h4-6,10-11,15H,3,7-9H2,1-2H3. The van der Waals surface area contributed by atoms with Crippen LogP contribution in [0.5, 0.6) is 5.75 Å². The van der Waals surface area contributed by atoms with E-state index in [0.717, 1.165) is 13.0 Å². The zero-order chi connectivity index (χ0) is 14.5. The second kappa shape index (κ2) is 6.56. The van der Waals surface area contributed by atoms with E-state index in [-0.39, 0.29) is 11.7 Å². The Hall–Kier alpha value is -1.82. The fourth-order valence-corrected chi connectivity index (χ4v) is 2.41. The summed E-state index contributed by atoms with van der Waals surface area (Å²) in [5.41, 5.74) is 0.500. The van der Waals surface area contributed by atoms with E-state index in [1.54, 1.807) is 18.2 Å². The number of para-hydroxylation sites is 1. The van der Waals surface area contributed by atoms with Gasteiger partial charge in [-0.15, -0.1) is 0 Å². The van der Waals surface area contributed by atoms with Crippen molar-refractivity contribution in [3.05, 3.63) is 28.3 Å². The van der Waals surface area contributed by atoms with Crippen molar-refractivity contribution in [2.75, 3.05) is 25.1 Å². The largest absolute Gasteiger partial charge is 0.487 e. The number of nitro benzene ring substituents is 1. The molecule has 1 heterocycles. The second-order valence-corrected chi connectivity index (χ2v) is 4.90. The Kier molecular flexibility index (Phi) is 4.79. The number of benzene rings is 1. The van der Waals surface area contributed by atoms with Gasteiger partial charge >= 0.3 is 5.69 Å². The maximum absolute atomic E-state index is 11.3. The summed E-state index contributed by atoms with van der Waals surface area (Å²) in [5.74, 6) is 0.683. The molecule has 110 valence electrons. The van der Waals surface area contributed by atoms with E-state index in [2.05, 4.69) is 5.32 Å². The Morgan fingerprint density at radius 1 is 1.60 bits per heavy atom. The number of hydrogen-bond acceptors (Lipinski definition) is 5. The summed E-state index contributed by atoms with van der Waals surface area (Å²) in [6.45, 7) is 5.69. The molecule has 1 aromatic rings. The zero-order valence-corrected chi connectivity index (χ0v) is 11.8. The number of ether oxygens (including phenoxy) is 2. The smallest absolute Gasteiger partial charge is 0.333 e. The van der Waals surface area contributed by atoms with Crippen LogP contribution in [0.3, 0.4) is 0 Å². The van der Waals surface area contributed by atoms with Gasteiger partial charge in [0.05, 0.1) is 18.1 Å². The molecule has 20 heavy (non-hydrogen) atoms. The summed E-state index contributed by atoms with van der Waals surface area (Å²) < 4.78 is 10.7. The normalized spacial score (nSPS) is 19.6. The van der Waals surface area contributed by atoms with Gasteiger partial charge in [-0.05, 0) is 32.4 Å². The zero-order valence-electron chi connectivity index (χ0n) is 11.8. The topological polar surface area (TPSA) is 73.6 Å². The lowest BCUT2D eigenvalue weighted by Gasteiger charge is -2.20. The van der Waals surface area contributed by atoms with Crippen LogP contribution in [-0.2, 0) is 4.74 Å². The first kappa shape index (κ1) is 14.6. The predicted molar refractivity (Wildman–Crippen MR) is 76.3 cm³/mol. The van der Waals surface area contributed by atoms with Gasteiger partial charge in [0.15, 0.2) is 5.75 Å². The molecule has 2 unspecified atom stereocenters. The third kappa shape index (κ3) is 3.19. The maximum Gasteiger partial charge on any atom is 0.333 e. The number of anilines is 1. The van der Waals surface area contributed by atoms with Gasteiger partial charge in [-0.3, -0.25) is 10.1 Å². The van der Waals surface area contributed by atoms with Crippen molar-refractivity contribution >= 4 is 11.4 Å². The molecule has 0 aromatic heterocycles. The van der Waals surface area contributed by atoms with Gasteiger partial charge in [-0.1, -0.05) is 6.07 Å². The van der Waals surface area contributed by atoms with Crippen molar-refractivity contribution < 1.29 is 14.4 Å². The molecule has 0 bridgehead atoms. The first-order valence-corrected chi connectivity index (χ1v) is 6.88. The Labute approximate surface area is 118 Å². The summed E-state index contributed by atoms with van der Waals surface area (Å²) >= 11 is 0. The monoisotopic (exact) mass is 280 g/mol. The second-order valence-electron chi connectivity index (χ2n) is 4.90. The number of hydrogen-bond donors (Lipinski definition) is 1. The van der Waals surface area contributed by atoms with Crippen molar-refractivity contribution in [2.45, 2.75) is 26.3 Å². The quantitative estimate of drug-likeness (QED) is 0.640. The summed E-state index contributed by atoms with van der Waals surface area (Å²) in [4.78, 5) is 10.9. The highest BCUT2D eigenvalue weighted by atomic mass is 16.6. The molecule has 0 saturated carbocycles. The molecule has 1 fully saturated rings. The van der Waals surface area contributed by atoms with E-state index in [1.165, 1.54) is 0 Å². The molecule has 0 radical (unpaired) electrons. The van der Waals surface area contributed by atoms with Crippen LogP contribution in [0.25, 0.3) is 0 Å². The molecule has 2 rings (SSSR count). The highest BCUT2D eigenvalue weighted by Crippen LogP contribution is 2.36. The first-order chi connectivity index (χ1) is 9.63. The third-order valence-electron chi connectivity index (χ3n) is 3.54. The molecule has 1 N–H and O–H groups in total. The van der Waals surface area contributed by atoms with E-state index in [1.807, 2.05) is 13.8 Å². The molecule has 0 aliphatic carbocycles. The Morgan fingerprint density at radius 3 is 3.00 bits per heavy atom.